The van der Waals surface area contributed by atoms with E-state index in [0.717, 1.165) is 19.4 Å². The number of carbonyl (C=O) groups excluding carboxylic acids is 1. The number of rotatable bonds is 3. The van der Waals surface area contributed by atoms with Crippen LogP contribution in [0.5, 0.6) is 0 Å². The zero-order chi connectivity index (χ0) is 12.3. The fourth-order valence-electron chi connectivity index (χ4n) is 2.35. The summed E-state index contributed by atoms with van der Waals surface area (Å²) in [5, 5.41) is 0. The number of halogens is 1. The van der Waals surface area contributed by atoms with Gasteiger partial charge in [-0.1, -0.05) is 18.6 Å². The number of nitrogens with zero attached hydrogens (tertiary/aromatic N) is 1. The van der Waals surface area contributed by atoms with Crippen LogP contribution in [0, 0.1) is 5.82 Å². The molecule has 1 aliphatic heterocycles. The maximum absolute atomic E-state index is 13.5. The first kappa shape index (κ1) is 12.2. The first-order valence-electron chi connectivity index (χ1n) is 6.20. The van der Waals surface area contributed by atoms with Crippen LogP contribution < -0.4 is 0 Å². The Hall–Kier alpha value is -1.22. The molecular formula is C14H18FNO. The molecule has 2 rings (SSSR count). The second-order valence-electron chi connectivity index (χ2n) is 4.72. The predicted octanol–water partition coefficient (Wildman–Crippen LogP) is 2.88. The fourth-order valence-corrected chi connectivity index (χ4v) is 2.35. The van der Waals surface area contributed by atoms with Crippen LogP contribution in [0.1, 0.15) is 36.5 Å². The molecule has 92 valence electrons. The number of hydrogen-bond acceptors (Lipinski definition) is 2. The molecule has 0 N–H and O–H groups in total. The van der Waals surface area contributed by atoms with Crippen LogP contribution in [-0.4, -0.2) is 29.8 Å². The van der Waals surface area contributed by atoms with Crippen LogP contribution in [0.25, 0.3) is 0 Å². The summed E-state index contributed by atoms with van der Waals surface area (Å²) < 4.78 is 13.5. The molecule has 0 amide bonds. The Morgan fingerprint density at radius 1 is 1.41 bits per heavy atom. The van der Waals surface area contributed by atoms with Crippen LogP contribution in [0.15, 0.2) is 24.3 Å². The van der Waals surface area contributed by atoms with E-state index in [1.54, 1.807) is 18.2 Å². The van der Waals surface area contributed by atoms with Crippen molar-refractivity contribution in [1.29, 1.82) is 0 Å². The lowest BCUT2D eigenvalue weighted by Gasteiger charge is -2.32. The zero-order valence-electron chi connectivity index (χ0n) is 10.2. The Labute approximate surface area is 101 Å². The van der Waals surface area contributed by atoms with Gasteiger partial charge in [0.1, 0.15) is 5.82 Å². The van der Waals surface area contributed by atoms with Crippen molar-refractivity contribution in [3.63, 3.8) is 0 Å². The average Bonchev–Trinajstić information content (AvgIpc) is 2.32. The highest BCUT2D eigenvalue weighted by atomic mass is 19.1. The third-order valence-electron chi connectivity index (χ3n) is 3.46. The topological polar surface area (TPSA) is 20.3 Å². The number of ketones is 1. The van der Waals surface area contributed by atoms with Crippen molar-refractivity contribution in [2.75, 3.05) is 13.1 Å². The van der Waals surface area contributed by atoms with Gasteiger partial charge in [0.25, 0.3) is 0 Å². The van der Waals surface area contributed by atoms with E-state index < -0.39 is 5.82 Å². The highest BCUT2D eigenvalue weighted by Gasteiger charge is 2.22. The van der Waals surface area contributed by atoms with Crippen molar-refractivity contribution in [1.82, 2.24) is 4.90 Å². The van der Waals surface area contributed by atoms with Crippen molar-refractivity contribution in [2.45, 2.75) is 32.2 Å². The molecule has 1 fully saturated rings. The fraction of sp³-hybridized carbons (Fsp3) is 0.500. The van der Waals surface area contributed by atoms with Gasteiger partial charge in [0.2, 0.25) is 0 Å². The number of carbonyl (C=O) groups is 1. The zero-order valence-corrected chi connectivity index (χ0v) is 10.2. The SMILES string of the molecule is C[C@H]1CCCCN1CC(=O)c1ccccc1F. The molecule has 2 nitrogen and oxygen atoms in total. The molecule has 0 saturated carbocycles. The normalized spacial score (nSPS) is 21.4. The number of benzene rings is 1. The molecule has 1 atom stereocenters. The summed E-state index contributed by atoms with van der Waals surface area (Å²) in [6.45, 7) is 3.41. The molecule has 3 heteroatoms. The molecule has 0 aliphatic carbocycles. The molecule has 1 saturated heterocycles. The summed E-state index contributed by atoms with van der Waals surface area (Å²) in [5.41, 5.74) is 0.213. The van der Waals surface area contributed by atoms with Gasteiger partial charge < -0.3 is 0 Å². The predicted molar refractivity (Wildman–Crippen MR) is 65.6 cm³/mol. The smallest absolute Gasteiger partial charge is 0.179 e. The Morgan fingerprint density at radius 2 is 2.18 bits per heavy atom. The molecule has 0 radical (unpaired) electrons. The molecule has 1 aromatic rings. The lowest BCUT2D eigenvalue weighted by Crippen LogP contribution is -2.40. The summed E-state index contributed by atoms with van der Waals surface area (Å²) in [6.07, 6.45) is 3.49. The van der Waals surface area contributed by atoms with Gasteiger partial charge in [-0.25, -0.2) is 4.39 Å². The van der Waals surface area contributed by atoms with Crippen molar-refractivity contribution < 1.29 is 9.18 Å². The second kappa shape index (κ2) is 5.41. The van der Waals surface area contributed by atoms with E-state index in [9.17, 15) is 9.18 Å². The molecule has 1 heterocycles. The summed E-state index contributed by atoms with van der Waals surface area (Å²) in [7, 11) is 0. The van der Waals surface area contributed by atoms with Crippen molar-refractivity contribution in [2.24, 2.45) is 0 Å². The molecule has 1 aromatic carbocycles. The summed E-state index contributed by atoms with van der Waals surface area (Å²) >= 11 is 0. The summed E-state index contributed by atoms with van der Waals surface area (Å²) in [6, 6.07) is 6.64. The van der Waals surface area contributed by atoms with Crippen molar-refractivity contribution in [3.8, 4) is 0 Å². The van der Waals surface area contributed by atoms with Crippen LogP contribution >= 0.6 is 0 Å². The minimum atomic E-state index is -0.415. The first-order chi connectivity index (χ1) is 8.18. The summed E-state index contributed by atoms with van der Waals surface area (Å²) in [5.74, 6) is -0.529. The number of hydrogen-bond donors (Lipinski definition) is 0. The van der Waals surface area contributed by atoms with E-state index >= 15 is 0 Å². The van der Waals surface area contributed by atoms with Gasteiger partial charge in [-0.3, -0.25) is 9.69 Å². The average molecular weight is 235 g/mol. The largest absolute Gasteiger partial charge is 0.293 e. The first-order valence-corrected chi connectivity index (χ1v) is 6.20. The van der Waals surface area contributed by atoms with Gasteiger partial charge in [-0.2, -0.15) is 0 Å². The van der Waals surface area contributed by atoms with Gasteiger partial charge in [-0.05, 0) is 38.4 Å². The Morgan fingerprint density at radius 3 is 2.88 bits per heavy atom. The van der Waals surface area contributed by atoms with Crippen LogP contribution in [0.2, 0.25) is 0 Å². The monoisotopic (exact) mass is 235 g/mol. The molecule has 0 unspecified atom stereocenters. The van der Waals surface area contributed by atoms with Crippen LogP contribution in [0.4, 0.5) is 4.39 Å². The lowest BCUT2D eigenvalue weighted by molar-refractivity contribution is 0.0856. The Kier molecular flexibility index (Phi) is 3.89. The number of piperidine rings is 1. The molecule has 0 bridgehead atoms. The minimum Gasteiger partial charge on any atom is -0.293 e. The van der Waals surface area contributed by atoms with Crippen molar-refractivity contribution >= 4 is 5.78 Å². The quantitative estimate of drug-likeness (QED) is 0.751. The van der Waals surface area contributed by atoms with Gasteiger partial charge >= 0.3 is 0 Å². The molecule has 0 aromatic heterocycles. The van der Waals surface area contributed by atoms with Gasteiger partial charge in [0.05, 0.1) is 12.1 Å². The lowest BCUT2D eigenvalue weighted by atomic mass is 10.0. The maximum Gasteiger partial charge on any atom is 0.179 e. The molecular weight excluding hydrogens is 217 g/mol. The van der Waals surface area contributed by atoms with E-state index in [4.69, 9.17) is 0 Å². The van der Waals surface area contributed by atoms with Gasteiger partial charge in [-0.15, -0.1) is 0 Å². The third-order valence-corrected chi connectivity index (χ3v) is 3.46. The summed E-state index contributed by atoms with van der Waals surface area (Å²) in [4.78, 5) is 14.1. The highest BCUT2D eigenvalue weighted by molar-refractivity contribution is 5.97. The van der Waals surface area contributed by atoms with Gasteiger partial charge in [0, 0.05) is 6.04 Å². The Bertz CT molecular complexity index is 405. The van der Waals surface area contributed by atoms with Crippen molar-refractivity contribution in [3.05, 3.63) is 35.6 Å². The van der Waals surface area contributed by atoms with E-state index in [0.29, 0.717) is 12.6 Å². The standard InChI is InChI=1S/C14H18FNO/c1-11-6-4-5-9-16(11)10-14(17)12-7-2-3-8-13(12)15/h2-3,7-8,11H,4-6,9-10H2,1H3/t11-/m0/s1. The number of Topliss-reactive ketones (excluding diaryl/α,β-unsaturated/α-hetero) is 1. The maximum atomic E-state index is 13.5. The molecule has 17 heavy (non-hydrogen) atoms. The highest BCUT2D eigenvalue weighted by Crippen LogP contribution is 2.17. The van der Waals surface area contributed by atoms with E-state index in [2.05, 4.69) is 11.8 Å². The van der Waals surface area contributed by atoms with E-state index in [1.165, 1.54) is 12.5 Å². The van der Waals surface area contributed by atoms with Crippen LogP contribution in [0.3, 0.4) is 0 Å². The molecule has 1 aliphatic rings. The van der Waals surface area contributed by atoms with Crippen LogP contribution in [-0.2, 0) is 0 Å². The third kappa shape index (κ3) is 2.91. The second-order valence-corrected chi connectivity index (χ2v) is 4.72. The minimum absolute atomic E-state index is 0.114. The Balaban J connectivity index is 2.04. The number of likely N-dealkylation sites (tertiary alicyclic amines) is 1. The van der Waals surface area contributed by atoms with E-state index in [-0.39, 0.29) is 11.3 Å². The molecule has 0 spiro atoms. The van der Waals surface area contributed by atoms with E-state index in [1.807, 2.05) is 0 Å². The van der Waals surface area contributed by atoms with Gasteiger partial charge in [0.15, 0.2) is 5.78 Å².